The molecule has 1 aromatic rings. The Balaban J connectivity index is 1.57. The topological polar surface area (TPSA) is 70.2 Å². The zero-order valence-corrected chi connectivity index (χ0v) is 19.0. The smallest absolute Gasteiger partial charge is 0.257 e. The third-order valence-electron chi connectivity index (χ3n) is 7.83. The number of rotatable bonds is 6. The SMILES string of the molecule is CC1(C)C(C(=O)N(CCN2CCOCC2)C2CC(=O)N(c3ccccc3)C2=O)C1(C)C. The van der Waals surface area contributed by atoms with Crippen LogP contribution < -0.4 is 4.90 Å². The van der Waals surface area contributed by atoms with Gasteiger partial charge in [-0.3, -0.25) is 19.3 Å². The van der Waals surface area contributed by atoms with Gasteiger partial charge >= 0.3 is 0 Å². The van der Waals surface area contributed by atoms with E-state index in [4.69, 9.17) is 4.74 Å². The Morgan fingerprint density at radius 3 is 2.26 bits per heavy atom. The van der Waals surface area contributed by atoms with E-state index in [1.54, 1.807) is 29.2 Å². The van der Waals surface area contributed by atoms with Gasteiger partial charge in [-0.05, 0) is 23.0 Å². The van der Waals surface area contributed by atoms with E-state index in [1.807, 2.05) is 6.07 Å². The van der Waals surface area contributed by atoms with Crippen molar-refractivity contribution in [3.63, 3.8) is 0 Å². The molecule has 1 atom stereocenters. The summed E-state index contributed by atoms with van der Waals surface area (Å²) in [6.07, 6.45) is 0.0379. The molecule has 7 heteroatoms. The van der Waals surface area contributed by atoms with Gasteiger partial charge in [-0.25, -0.2) is 4.90 Å². The van der Waals surface area contributed by atoms with Gasteiger partial charge in [0.05, 0.1) is 25.3 Å². The summed E-state index contributed by atoms with van der Waals surface area (Å²) in [4.78, 5) is 45.0. The molecular formula is C24H33N3O4. The first-order valence-corrected chi connectivity index (χ1v) is 11.2. The van der Waals surface area contributed by atoms with Crippen LogP contribution in [0.4, 0.5) is 5.69 Å². The maximum absolute atomic E-state index is 13.7. The van der Waals surface area contributed by atoms with Crippen molar-refractivity contribution in [2.75, 3.05) is 44.3 Å². The molecule has 0 radical (unpaired) electrons. The summed E-state index contributed by atoms with van der Waals surface area (Å²) in [6, 6.07) is 8.23. The Hall–Kier alpha value is -2.25. The molecule has 0 N–H and O–H groups in total. The van der Waals surface area contributed by atoms with Crippen LogP contribution in [0.5, 0.6) is 0 Å². The first-order valence-electron chi connectivity index (χ1n) is 11.2. The Kier molecular flexibility index (Phi) is 5.68. The van der Waals surface area contributed by atoms with E-state index in [-0.39, 0.29) is 40.9 Å². The molecule has 4 rings (SSSR count). The molecule has 7 nitrogen and oxygen atoms in total. The lowest BCUT2D eigenvalue weighted by atomic mass is 10.0. The molecule has 0 aromatic heterocycles. The summed E-state index contributed by atoms with van der Waals surface area (Å²) in [6.45, 7) is 12.5. The average Bonchev–Trinajstić information content (AvgIpc) is 2.97. The number of benzene rings is 1. The molecule has 1 aliphatic carbocycles. The fourth-order valence-corrected chi connectivity index (χ4v) is 5.18. The van der Waals surface area contributed by atoms with Gasteiger partial charge in [0.15, 0.2) is 0 Å². The van der Waals surface area contributed by atoms with Crippen molar-refractivity contribution >= 4 is 23.4 Å². The largest absolute Gasteiger partial charge is 0.379 e. The third-order valence-corrected chi connectivity index (χ3v) is 7.83. The molecule has 3 fully saturated rings. The monoisotopic (exact) mass is 427 g/mol. The summed E-state index contributed by atoms with van der Waals surface area (Å²) in [7, 11) is 0. The lowest BCUT2D eigenvalue weighted by Gasteiger charge is -2.33. The van der Waals surface area contributed by atoms with E-state index in [1.165, 1.54) is 4.90 Å². The van der Waals surface area contributed by atoms with Crippen molar-refractivity contribution in [3.05, 3.63) is 30.3 Å². The maximum Gasteiger partial charge on any atom is 0.257 e. The highest BCUT2D eigenvalue weighted by atomic mass is 16.5. The number of para-hydroxylation sites is 1. The molecule has 168 valence electrons. The van der Waals surface area contributed by atoms with Gasteiger partial charge in [-0.1, -0.05) is 45.9 Å². The number of anilines is 1. The van der Waals surface area contributed by atoms with Crippen LogP contribution in [0, 0.1) is 16.7 Å². The molecular weight excluding hydrogens is 394 g/mol. The van der Waals surface area contributed by atoms with Gasteiger partial charge in [-0.2, -0.15) is 0 Å². The molecule has 3 aliphatic rings. The average molecular weight is 428 g/mol. The summed E-state index contributed by atoms with van der Waals surface area (Å²) < 4.78 is 5.42. The van der Waals surface area contributed by atoms with Gasteiger partial charge in [0.2, 0.25) is 11.8 Å². The zero-order valence-electron chi connectivity index (χ0n) is 19.0. The van der Waals surface area contributed by atoms with Crippen molar-refractivity contribution in [1.82, 2.24) is 9.80 Å². The number of carbonyl (C=O) groups excluding carboxylic acids is 3. The third kappa shape index (κ3) is 3.78. The standard InChI is InChI=1S/C24H33N3O4/c1-23(2)20(24(23,3)4)22(30)26(11-10-25-12-14-31-15-13-25)18-16-19(28)27(21(18)29)17-8-6-5-7-9-17/h5-9,18,20H,10-16H2,1-4H3. The van der Waals surface area contributed by atoms with E-state index >= 15 is 0 Å². The first-order chi connectivity index (χ1) is 14.7. The van der Waals surface area contributed by atoms with Crippen molar-refractivity contribution in [1.29, 1.82) is 0 Å². The summed E-state index contributed by atoms with van der Waals surface area (Å²) in [5, 5.41) is 0. The Labute approximate surface area is 184 Å². The second-order valence-corrected chi connectivity index (χ2v) is 9.98. The Bertz CT molecular complexity index is 847. The lowest BCUT2D eigenvalue weighted by molar-refractivity contribution is -0.140. The van der Waals surface area contributed by atoms with Crippen molar-refractivity contribution in [2.45, 2.75) is 40.2 Å². The van der Waals surface area contributed by atoms with Crippen LogP contribution in [0.2, 0.25) is 0 Å². The summed E-state index contributed by atoms with van der Waals surface area (Å²) in [5.41, 5.74) is 0.297. The van der Waals surface area contributed by atoms with Crippen molar-refractivity contribution in [3.8, 4) is 0 Å². The van der Waals surface area contributed by atoms with Crippen LogP contribution in [-0.2, 0) is 19.1 Å². The number of hydrogen-bond donors (Lipinski definition) is 0. The highest BCUT2D eigenvalue weighted by Crippen LogP contribution is 2.69. The number of hydrogen-bond acceptors (Lipinski definition) is 5. The Morgan fingerprint density at radius 2 is 1.68 bits per heavy atom. The fourth-order valence-electron chi connectivity index (χ4n) is 5.18. The van der Waals surface area contributed by atoms with Crippen LogP contribution in [0.3, 0.4) is 0 Å². The number of imide groups is 1. The van der Waals surface area contributed by atoms with Gasteiger partial charge in [0.25, 0.3) is 5.91 Å². The second kappa shape index (κ2) is 8.02. The minimum atomic E-state index is -0.742. The lowest BCUT2D eigenvalue weighted by Crippen LogP contribution is -2.50. The van der Waals surface area contributed by atoms with E-state index in [0.717, 1.165) is 13.1 Å². The van der Waals surface area contributed by atoms with Gasteiger partial charge in [0.1, 0.15) is 6.04 Å². The maximum atomic E-state index is 13.7. The summed E-state index contributed by atoms with van der Waals surface area (Å²) >= 11 is 0. The van der Waals surface area contributed by atoms with E-state index < -0.39 is 6.04 Å². The van der Waals surface area contributed by atoms with E-state index in [2.05, 4.69) is 32.6 Å². The molecule has 0 spiro atoms. The molecule has 2 saturated heterocycles. The molecule has 3 amide bonds. The molecule has 1 saturated carbocycles. The van der Waals surface area contributed by atoms with Crippen molar-refractivity contribution in [2.24, 2.45) is 16.7 Å². The zero-order chi connectivity index (χ0) is 22.4. The van der Waals surface area contributed by atoms with Gasteiger partial charge in [0, 0.05) is 32.1 Å². The normalized spacial score (nSPS) is 25.7. The Morgan fingerprint density at radius 1 is 1.06 bits per heavy atom. The molecule has 31 heavy (non-hydrogen) atoms. The van der Waals surface area contributed by atoms with Gasteiger partial charge in [-0.15, -0.1) is 0 Å². The summed E-state index contributed by atoms with van der Waals surface area (Å²) in [5.74, 6) is -0.717. The number of ether oxygens (including phenoxy) is 1. The van der Waals surface area contributed by atoms with Crippen LogP contribution >= 0.6 is 0 Å². The highest BCUT2D eigenvalue weighted by molar-refractivity contribution is 6.23. The number of nitrogens with zero attached hydrogens (tertiary/aromatic N) is 3. The van der Waals surface area contributed by atoms with Crippen LogP contribution in [-0.4, -0.2) is 73.0 Å². The first kappa shape index (κ1) is 22.0. The molecule has 1 unspecified atom stereocenters. The van der Waals surface area contributed by atoms with E-state index in [9.17, 15) is 14.4 Å². The number of amides is 3. The van der Waals surface area contributed by atoms with Crippen LogP contribution in [0.25, 0.3) is 0 Å². The number of carbonyl (C=O) groups is 3. The quantitative estimate of drug-likeness (QED) is 0.651. The van der Waals surface area contributed by atoms with Crippen LogP contribution in [0.15, 0.2) is 30.3 Å². The number of morpholine rings is 1. The highest BCUT2D eigenvalue weighted by Gasteiger charge is 2.69. The molecule has 1 aromatic carbocycles. The molecule has 2 heterocycles. The van der Waals surface area contributed by atoms with Crippen LogP contribution in [0.1, 0.15) is 34.1 Å². The molecule has 0 bridgehead atoms. The predicted octanol–water partition coefficient (Wildman–Crippen LogP) is 2.16. The second-order valence-electron chi connectivity index (χ2n) is 9.98. The molecule has 2 aliphatic heterocycles. The fraction of sp³-hybridized carbons (Fsp3) is 0.625. The van der Waals surface area contributed by atoms with Crippen molar-refractivity contribution < 1.29 is 19.1 Å². The van der Waals surface area contributed by atoms with Gasteiger partial charge < -0.3 is 9.64 Å². The van der Waals surface area contributed by atoms with E-state index in [0.29, 0.717) is 32.0 Å². The minimum Gasteiger partial charge on any atom is -0.379 e. The predicted molar refractivity (Wildman–Crippen MR) is 117 cm³/mol. The minimum absolute atomic E-state index is 0.00989.